The molecule has 0 atom stereocenters. The van der Waals surface area contributed by atoms with Crippen LogP contribution in [-0.4, -0.2) is 26.7 Å². The maximum atomic E-state index is 6.23. The highest BCUT2D eigenvalue weighted by Crippen LogP contribution is 2.29. The van der Waals surface area contributed by atoms with Crippen LogP contribution in [0, 0.1) is 13.8 Å². The Labute approximate surface area is 161 Å². The molecule has 0 unspecified atom stereocenters. The molecule has 0 bridgehead atoms. The van der Waals surface area contributed by atoms with Gasteiger partial charge in [0, 0.05) is 23.0 Å². The quantitative estimate of drug-likeness (QED) is 0.551. The van der Waals surface area contributed by atoms with Crippen molar-refractivity contribution in [3.63, 3.8) is 0 Å². The molecule has 7 heteroatoms. The summed E-state index contributed by atoms with van der Waals surface area (Å²) >= 11 is 6.23. The Kier molecular flexibility index (Phi) is 4.41. The number of aryl methyl sites for hydroxylation is 2. The van der Waals surface area contributed by atoms with Crippen LogP contribution in [-0.2, 0) is 0 Å². The molecule has 4 aromatic rings. The van der Waals surface area contributed by atoms with Crippen LogP contribution in [0.4, 0.5) is 11.5 Å². The van der Waals surface area contributed by atoms with Gasteiger partial charge in [0.15, 0.2) is 5.82 Å². The second-order valence-electron chi connectivity index (χ2n) is 6.27. The molecule has 136 valence electrons. The van der Waals surface area contributed by atoms with E-state index >= 15 is 0 Å². The molecule has 2 aromatic heterocycles. The molecule has 0 aliphatic heterocycles. The first-order valence-electron chi connectivity index (χ1n) is 8.45. The summed E-state index contributed by atoms with van der Waals surface area (Å²) in [4.78, 5) is 9.07. The molecule has 0 spiro atoms. The van der Waals surface area contributed by atoms with Gasteiger partial charge >= 0.3 is 0 Å². The number of rotatable bonds is 4. The number of methoxy groups -OCH3 is 1. The summed E-state index contributed by atoms with van der Waals surface area (Å²) in [6.07, 6.45) is 0. The second kappa shape index (κ2) is 6.89. The Bertz CT molecular complexity index is 1120. The molecular weight excluding hydrogens is 362 g/mol. The van der Waals surface area contributed by atoms with Crippen LogP contribution in [0.2, 0.25) is 5.02 Å². The number of benzene rings is 2. The van der Waals surface area contributed by atoms with E-state index < -0.39 is 0 Å². The van der Waals surface area contributed by atoms with Gasteiger partial charge in [0.05, 0.1) is 12.1 Å². The lowest BCUT2D eigenvalue weighted by Gasteiger charge is -2.10. The molecule has 6 nitrogen and oxygen atoms in total. The van der Waals surface area contributed by atoms with Crippen molar-refractivity contribution < 1.29 is 4.74 Å². The maximum Gasteiger partial charge on any atom is 0.254 e. The van der Waals surface area contributed by atoms with Gasteiger partial charge in [-0.05, 0) is 32.0 Å². The van der Waals surface area contributed by atoms with E-state index in [0.29, 0.717) is 22.4 Å². The van der Waals surface area contributed by atoms with E-state index in [1.165, 1.54) is 5.56 Å². The number of hydrogen-bond acceptors (Lipinski definition) is 5. The SMILES string of the molecule is COc1ccc(Nc2cc(C)nc3nc(-c4ccc(C)cc4)nn23)cc1Cl. The third-order valence-corrected chi connectivity index (χ3v) is 4.47. The van der Waals surface area contributed by atoms with E-state index in [9.17, 15) is 0 Å². The number of hydrogen-bond donors (Lipinski definition) is 1. The molecular formula is C20H18ClN5O. The van der Waals surface area contributed by atoms with Crippen molar-refractivity contribution >= 4 is 28.9 Å². The molecule has 0 aliphatic carbocycles. The number of ether oxygens (including phenoxy) is 1. The molecule has 0 aliphatic rings. The Morgan fingerprint density at radius 1 is 1.00 bits per heavy atom. The zero-order valence-corrected chi connectivity index (χ0v) is 15.9. The van der Waals surface area contributed by atoms with Gasteiger partial charge in [-0.25, -0.2) is 4.98 Å². The van der Waals surface area contributed by atoms with Crippen LogP contribution >= 0.6 is 11.6 Å². The van der Waals surface area contributed by atoms with Gasteiger partial charge in [-0.2, -0.15) is 9.50 Å². The Morgan fingerprint density at radius 3 is 2.48 bits per heavy atom. The highest BCUT2D eigenvalue weighted by molar-refractivity contribution is 6.32. The van der Waals surface area contributed by atoms with Gasteiger partial charge in [0.1, 0.15) is 11.6 Å². The third-order valence-electron chi connectivity index (χ3n) is 4.17. The minimum Gasteiger partial charge on any atom is -0.495 e. The monoisotopic (exact) mass is 379 g/mol. The van der Waals surface area contributed by atoms with E-state index in [1.807, 2.05) is 56.3 Å². The number of nitrogens with one attached hydrogen (secondary N) is 1. The van der Waals surface area contributed by atoms with Crippen LogP contribution < -0.4 is 10.1 Å². The smallest absolute Gasteiger partial charge is 0.254 e. The second-order valence-corrected chi connectivity index (χ2v) is 6.68. The highest BCUT2D eigenvalue weighted by atomic mass is 35.5. The molecule has 0 saturated heterocycles. The van der Waals surface area contributed by atoms with Crippen LogP contribution in [0.25, 0.3) is 17.2 Å². The summed E-state index contributed by atoms with van der Waals surface area (Å²) in [5, 5.41) is 8.49. The summed E-state index contributed by atoms with van der Waals surface area (Å²) in [5.74, 6) is 2.54. The van der Waals surface area contributed by atoms with Gasteiger partial charge in [0.25, 0.3) is 5.78 Å². The number of aromatic nitrogens is 4. The summed E-state index contributed by atoms with van der Waals surface area (Å²) in [7, 11) is 1.59. The Hall–Kier alpha value is -3.12. The zero-order valence-electron chi connectivity index (χ0n) is 15.2. The normalized spacial score (nSPS) is 11.0. The van der Waals surface area contributed by atoms with Crippen molar-refractivity contribution in [2.24, 2.45) is 0 Å². The van der Waals surface area contributed by atoms with Crippen LogP contribution in [0.5, 0.6) is 5.75 Å². The van der Waals surface area contributed by atoms with Crippen LogP contribution in [0.3, 0.4) is 0 Å². The van der Waals surface area contributed by atoms with E-state index in [4.69, 9.17) is 16.3 Å². The van der Waals surface area contributed by atoms with Crippen molar-refractivity contribution in [2.45, 2.75) is 13.8 Å². The first-order chi connectivity index (χ1) is 13.0. The number of halogens is 1. The van der Waals surface area contributed by atoms with Gasteiger partial charge in [-0.3, -0.25) is 0 Å². The molecule has 0 amide bonds. The maximum absolute atomic E-state index is 6.23. The van der Waals surface area contributed by atoms with E-state index in [1.54, 1.807) is 17.7 Å². The molecule has 0 radical (unpaired) electrons. The third kappa shape index (κ3) is 3.44. The van der Waals surface area contributed by atoms with Crippen molar-refractivity contribution in [1.29, 1.82) is 0 Å². The lowest BCUT2D eigenvalue weighted by atomic mass is 10.1. The molecule has 0 fully saturated rings. The average Bonchev–Trinajstić information content (AvgIpc) is 3.06. The summed E-state index contributed by atoms with van der Waals surface area (Å²) in [6.45, 7) is 3.97. The summed E-state index contributed by atoms with van der Waals surface area (Å²) < 4.78 is 6.90. The van der Waals surface area contributed by atoms with Gasteiger partial charge < -0.3 is 10.1 Å². The fourth-order valence-corrected chi connectivity index (χ4v) is 3.05. The molecule has 2 aromatic carbocycles. The predicted octanol–water partition coefficient (Wildman–Crippen LogP) is 4.81. The first kappa shape index (κ1) is 17.3. The number of nitrogens with zero attached hydrogens (tertiary/aromatic N) is 4. The first-order valence-corrected chi connectivity index (χ1v) is 8.83. The fourth-order valence-electron chi connectivity index (χ4n) is 2.79. The van der Waals surface area contributed by atoms with E-state index in [-0.39, 0.29) is 0 Å². The van der Waals surface area contributed by atoms with Gasteiger partial charge in [-0.15, -0.1) is 5.10 Å². The highest BCUT2D eigenvalue weighted by Gasteiger charge is 2.12. The van der Waals surface area contributed by atoms with Crippen molar-refractivity contribution in [3.8, 4) is 17.1 Å². The lowest BCUT2D eigenvalue weighted by molar-refractivity contribution is 0.415. The average molecular weight is 380 g/mol. The zero-order chi connectivity index (χ0) is 19.0. The fraction of sp³-hybridized carbons (Fsp3) is 0.150. The molecule has 0 saturated carbocycles. The lowest BCUT2D eigenvalue weighted by Crippen LogP contribution is -2.02. The Morgan fingerprint density at radius 2 is 1.78 bits per heavy atom. The minimum atomic E-state index is 0.531. The van der Waals surface area contributed by atoms with Crippen LogP contribution in [0.1, 0.15) is 11.3 Å². The molecule has 2 heterocycles. The Balaban J connectivity index is 1.76. The molecule has 27 heavy (non-hydrogen) atoms. The molecule has 4 rings (SSSR count). The number of fused-ring (bicyclic) bond motifs is 1. The topological polar surface area (TPSA) is 64.3 Å². The van der Waals surface area contributed by atoms with Gasteiger partial charge in [0.2, 0.25) is 0 Å². The predicted molar refractivity (Wildman–Crippen MR) is 107 cm³/mol. The minimum absolute atomic E-state index is 0.531. The summed E-state index contributed by atoms with van der Waals surface area (Å²) in [5.41, 5.74) is 3.80. The van der Waals surface area contributed by atoms with E-state index in [2.05, 4.69) is 20.4 Å². The number of anilines is 2. The van der Waals surface area contributed by atoms with Gasteiger partial charge in [-0.1, -0.05) is 41.4 Å². The van der Waals surface area contributed by atoms with Crippen molar-refractivity contribution in [1.82, 2.24) is 19.6 Å². The molecule has 1 N–H and O–H groups in total. The largest absolute Gasteiger partial charge is 0.495 e. The van der Waals surface area contributed by atoms with Crippen molar-refractivity contribution in [2.75, 3.05) is 12.4 Å². The standard InChI is InChI=1S/C20H18ClN5O/c1-12-4-6-14(7-5-12)19-24-20-22-13(2)10-18(26(20)25-19)23-15-8-9-17(27-3)16(21)11-15/h4-11,23H,1-3H3. The van der Waals surface area contributed by atoms with Crippen molar-refractivity contribution in [3.05, 3.63) is 64.8 Å². The summed E-state index contributed by atoms with van der Waals surface area (Å²) in [6, 6.07) is 15.5. The van der Waals surface area contributed by atoms with E-state index in [0.717, 1.165) is 22.8 Å². The van der Waals surface area contributed by atoms with Crippen LogP contribution in [0.15, 0.2) is 48.5 Å².